The van der Waals surface area contributed by atoms with Crippen LogP contribution in [0.2, 0.25) is 0 Å². The van der Waals surface area contributed by atoms with Crippen molar-refractivity contribution in [2.24, 2.45) is 17.6 Å². The van der Waals surface area contributed by atoms with E-state index < -0.39 is 6.10 Å². The zero-order valence-electron chi connectivity index (χ0n) is 10.7. The van der Waals surface area contributed by atoms with Gasteiger partial charge in [-0.05, 0) is 38.1 Å². The van der Waals surface area contributed by atoms with Crippen LogP contribution < -0.4 is 11.1 Å². The zero-order chi connectivity index (χ0) is 12.7. The smallest absolute Gasteiger partial charge is 0.249 e. The summed E-state index contributed by atoms with van der Waals surface area (Å²) in [7, 11) is 0. The molecule has 0 heterocycles. The van der Waals surface area contributed by atoms with Crippen LogP contribution in [-0.4, -0.2) is 31.7 Å². The molecule has 0 aliphatic heterocycles. The fraction of sp³-hybridized carbons (Fsp3) is 0.769. The number of carbonyl (C=O) groups is 1. The average molecular weight is 240 g/mol. The van der Waals surface area contributed by atoms with Gasteiger partial charge >= 0.3 is 0 Å². The molecule has 0 saturated heterocycles. The van der Waals surface area contributed by atoms with Crippen molar-refractivity contribution in [3.05, 3.63) is 12.7 Å². The summed E-state index contributed by atoms with van der Waals surface area (Å²) in [6, 6.07) is 0. The largest absolute Gasteiger partial charge is 0.368 e. The van der Waals surface area contributed by atoms with E-state index in [0.29, 0.717) is 25.0 Å². The molecule has 0 spiro atoms. The molecule has 1 rings (SSSR count). The Balaban J connectivity index is 2.24. The molecule has 3 atom stereocenters. The van der Waals surface area contributed by atoms with Crippen molar-refractivity contribution >= 4 is 5.91 Å². The highest BCUT2D eigenvalue weighted by Gasteiger charge is 2.27. The predicted octanol–water partition coefficient (Wildman–Crippen LogP) is 1.07. The van der Waals surface area contributed by atoms with Crippen molar-refractivity contribution < 1.29 is 9.53 Å². The number of hydrogen-bond donors (Lipinski definition) is 2. The molecule has 4 nitrogen and oxygen atoms in total. The maximum atomic E-state index is 11.5. The number of hydrogen-bond acceptors (Lipinski definition) is 3. The van der Waals surface area contributed by atoms with Gasteiger partial charge in [0.05, 0.1) is 6.61 Å². The lowest BCUT2D eigenvalue weighted by Gasteiger charge is -2.20. The van der Waals surface area contributed by atoms with E-state index in [1.54, 1.807) is 13.0 Å². The van der Waals surface area contributed by atoms with Crippen LogP contribution in [0.3, 0.4) is 0 Å². The first-order valence-corrected chi connectivity index (χ1v) is 6.39. The standard InChI is InChI=1S/C13H24N2O2/c1-3-7-15-13(16)10(2)17-9-12-6-4-5-11(12)8-14/h3,10-12H,1,4-9,14H2,2H3,(H,15,16). The van der Waals surface area contributed by atoms with Crippen LogP contribution in [0.5, 0.6) is 0 Å². The van der Waals surface area contributed by atoms with E-state index in [1.165, 1.54) is 19.3 Å². The van der Waals surface area contributed by atoms with Crippen LogP contribution in [0.1, 0.15) is 26.2 Å². The molecule has 3 unspecified atom stereocenters. The molecule has 0 aromatic carbocycles. The molecule has 1 amide bonds. The van der Waals surface area contributed by atoms with Crippen molar-refractivity contribution in [2.45, 2.75) is 32.3 Å². The first kappa shape index (κ1) is 14.2. The van der Waals surface area contributed by atoms with Gasteiger partial charge in [0.25, 0.3) is 0 Å². The molecule has 3 N–H and O–H groups in total. The number of ether oxygens (including phenoxy) is 1. The Labute approximate surface area is 104 Å². The molecule has 98 valence electrons. The topological polar surface area (TPSA) is 64.3 Å². The Kier molecular flexibility index (Phi) is 6.22. The van der Waals surface area contributed by atoms with Gasteiger partial charge in [-0.1, -0.05) is 12.5 Å². The summed E-state index contributed by atoms with van der Waals surface area (Å²) in [6.45, 7) is 7.19. The summed E-state index contributed by atoms with van der Waals surface area (Å²) in [6.07, 6.45) is 4.86. The Morgan fingerprint density at radius 3 is 2.94 bits per heavy atom. The highest BCUT2D eigenvalue weighted by molar-refractivity contribution is 5.80. The molecule has 1 aliphatic rings. The first-order valence-electron chi connectivity index (χ1n) is 6.39. The van der Waals surface area contributed by atoms with Crippen LogP contribution >= 0.6 is 0 Å². The summed E-state index contributed by atoms with van der Waals surface area (Å²) in [5.41, 5.74) is 5.71. The Bertz CT molecular complexity index is 256. The van der Waals surface area contributed by atoms with Crippen LogP contribution in [-0.2, 0) is 9.53 Å². The Morgan fingerprint density at radius 2 is 2.29 bits per heavy atom. The molecule has 4 heteroatoms. The molecule has 1 fully saturated rings. The van der Waals surface area contributed by atoms with Gasteiger partial charge in [0.15, 0.2) is 0 Å². The lowest BCUT2D eigenvalue weighted by Crippen LogP contribution is -2.36. The van der Waals surface area contributed by atoms with E-state index in [1.807, 2.05) is 0 Å². The number of carbonyl (C=O) groups excluding carboxylic acids is 1. The third-order valence-corrected chi connectivity index (χ3v) is 3.47. The SMILES string of the molecule is C=CCNC(=O)C(C)OCC1CCCC1CN. The zero-order valence-corrected chi connectivity index (χ0v) is 10.7. The monoisotopic (exact) mass is 240 g/mol. The van der Waals surface area contributed by atoms with E-state index in [2.05, 4.69) is 11.9 Å². The normalized spacial score (nSPS) is 25.5. The van der Waals surface area contributed by atoms with Crippen molar-refractivity contribution in [1.82, 2.24) is 5.32 Å². The molecule has 0 bridgehead atoms. The summed E-state index contributed by atoms with van der Waals surface area (Å²) in [4.78, 5) is 11.5. The third-order valence-electron chi connectivity index (χ3n) is 3.47. The first-order chi connectivity index (χ1) is 8.19. The Hall–Kier alpha value is -0.870. The highest BCUT2D eigenvalue weighted by Crippen LogP contribution is 2.31. The molecular weight excluding hydrogens is 216 g/mol. The van der Waals surface area contributed by atoms with Gasteiger partial charge in [0, 0.05) is 6.54 Å². The Morgan fingerprint density at radius 1 is 1.59 bits per heavy atom. The minimum Gasteiger partial charge on any atom is -0.368 e. The second kappa shape index (κ2) is 7.45. The summed E-state index contributed by atoms with van der Waals surface area (Å²) in [5.74, 6) is 1.01. The fourth-order valence-electron chi connectivity index (χ4n) is 2.30. The van der Waals surface area contributed by atoms with Gasteiger partial charge in [-0.25, -0.2) is 0 Å². The van der Waals surface area contributed by atoms with Gasteiger partial charge in [-0.2, -0.15) is 0 Å². The van der Waals surface area contributed by atoms with Gasteiger partial charge in [0.2, 0.25) is 5.91 Å². The van der Waals surface area contributed by atoms with Crippen LogP contribution in [0.25, 0.3) is 0 Å². The van der Waals surface area contributed by atoms with Crippen molar-refractivity contribution in [3.63, 3.8) is 0 Å². The quantitative estimate of drug-likeness (QED) is 0.654. The molecule has 0 aromatic rings. The van der Waals surface area contributed by atoms with Crippen LogP contribution in [0.15, 0.2) is 12.7 Å². The highest BCUT2D eigenvalue weighted by atomic mass is 16.5. The molecule has 0 radical (unpaired) electrons. The van der Waals surface area contributed by atoms with Gasteiger partial charge in [-0.15, -0.1) is 6.58 Å². The lowest BCUT2D eigenvalue weighted by atomic mass is 9.97. The van der Waals surface area contributed by atoms with E-state index in [-0.39, 0.29) is 5.91 Å². The van der Waals surface area contributed by atoms with E-state index in [0.717, 1.165) is 6.54 Å². The van der Waals surface area contributed by atoms with Gasteiger partial charge in [-0.3, -0.25) is 4.79 Å². The minimum atomic E-state index is -0.394. The third kappa shape index (κ3) is 4.48. The van der Waals surface area contributed by atoms with E-state index in [9.17, 15) is 4.79 Å². The second-order valence-electron chi connectivity index (χ2n) is 4.70. The van der Waals surface area contributed by atoms with Crippen LogP contribution in [0.4, 0.5) is 0 Å². The summed E-state index contributed by atoms with van der Waals surface area (Å²) < 4.78 is 5.61. The van der Waals surface area contributed by atoms with Gasteiger partial charge in [0.1, 0.15) is 6.10 Å². The minimum absolute atomic E-state index is 0.0767. The van der Waals surface area contributed by atoms with Crippen molar-refractivity contribution in [1.29, 1.82) is 0 Å². The average Bonchev–Trinajstić information content (AvgIpc) is 2.80. The number of amides is 1. The maximum absolute atomic E-state index is 11.5. The molecule has 1 saturated carbocycles. The maximum Gasteiger partial charge on any atom is 0.249 e. The number of rotatable bonds is 7. The molecular formula is C13H24N2O2. The summed E-state index contributed by atoms with van der Waals surface area (Å²) in [5, 5.41) is 2.73. The van der Waals surface area contributed by atoms with Gasteiger partial charge < -0.3 is 15.8 Å². The number of nitrogens with one attached hydrogen (secondary N) is 1. The van der Waals surface area contributed by atoms with Crippen molar-refractivity contribution in [3.8, 4) is 0 Å². The predicted molar refractivity (Wildman–Crippen MR) is 68.5 cm³/mol. The van der Waals surface area contributed by atoms with Crippen molar-refractivity contribution in [2.75, 3.05) is 19.7 Å². The second-order valence-corrected chi connectivity index (χ2v) is 4.70. The van der Waals surface area contributed by atoms with E-state index in [4.69, 9.17) is 10.5 Å². The van der Waals surface area contributed by atoms with E-state index >= 15 is 0 Å². The lowest BCUT2D eigenvalue weighted by molar-refractivity contribution is -0.132. The fourth-order valence-corrected chi connectivity index (χ4v) is 2.30. The molecule has 0 aromatic heterocycles. The molecule has 17 heavy (non-hydrogen) atoms. The number of nitrogens with two attached hydrogens (primary N) is 1. The summed E-state index contributed by atoms with van der Waals surface area (Å²) >= 11 is 0. The van der Waals surface area contributed by atoms with Crippen LogP contribution in [0, 0.1) is 11.8 Å². The molecule has 1 aliphatic carbocycles.